The fourth-order valence-corrected chi connectivity index (χ4v) is 3.37. The highest BCUT2D eigenvalue weighted by atomic mass is 35.5. The summed E-state index contributed by atoms with van der Waals surface area (Å²) >= 11 is 13.6. The second kappa shape index (κ2) is 6.60. The first-order valence-electron chi connectivity index (χ1n) is 6.60. The Labute approximate surface area is 142 Å². The number of anilines is 1. The van der Waals surface area contributed by atoms with Gasteiger partial charge in [0, 0.05) is 16.2 Å². The summed E-state index contributed by atoms with van der Waals surface area (Å²) < 4.78 is 0. The summed E-state index contributed by atoms with van der Waals surface area (Å²) in [5.74, 6) is 0. The average Bonchev–Trinajstić information content (AvgIpc) is 2.96. The number of benzene rings is 1. The van der Waals surface area contributed by atoms with E-state index in [4.69, 9.17) is 23.2 Å². The monoisotopic (exact) mass is 350 g/mol. The van der Waals surface area contributed by atoms with Gasteiger partial charge < -0.3 is 5.32 Å². The molecule has 112 valence electrons. The molecule has 0 bridgehead atoms. The minimum Gasteiger partial charge on any atom is -0.353 e. The van der Waals surface area contributed by atoms with E-state index < -0.39 is 0 Å². The molecular formula is C15H12Cl2N4S. The van der Waals surface area contributed by atoms with E-state index in [1.807, 2.05) is 37.3 Å². The Morgan fingerprint density at radius 2 is 2.00 bits per heavy atom. The number of nitrogens with zero attached hydrogens (tertiary/aromatic N) is 3. The first-order chi connectivity index (χ1) is 10.6. The predicted molar refractivity (Wildman–Crippen MR) is 91.6 cm³/mol. The maximum atomic E-state index is 6.22. The molecule has 7 heteroatoms. The van der Waals surface area contributed by atoms with E-state index >= 15 is 0 Å². The summed E-state index contributed by atoms with van der Waals surface area (Å²) in [4.78, 5) is 4.27. The molecule has 4 nitrogen and oxygen atoms in total. The molecule has 0 saturated heterocycles. The minimum atomic E-state index is -0.00528. The van der Waals surface area contributed by atoms with E-state index in [0.29, 0.717) is 10.0 Å². The third-order valence-electron chi connectivity index (χ3n) is 3.08. The summed E-state index contributed by atoms with van der Waals surface area (Å²) in [6.45, 7) is 2.01. The molecule has 0 radical (unpaired) electrons. The number of aromatic nitrogens is 3. The molecule has 0 spiro atoms. The lowest BCUT2D eigenvalue weighted by Gasteiger charge is -2.14. The molecule has 1 unspecified atom stereocenters. The van der Waals surface area contributed by atoms with Gasteiger partial charge in [-0.15, -0.1) is 10.2 Å². The van der Waals surface area contributed by atoms with Crippen molar-refractivity contribution in [3.63, 3.8) is 0 Å². The van der Waals surface area contributed by atoms with Crippen molar-refractivity contribution in [1.82, 2.24) is 15.2 Å². The van der Waals surface area contributed by atoms with E-state index in [1.165, 1.54) is 11.3 Å². The van der Waals surface area contributed by atoms with Crippen LogP contribution in [0.4, 0.5) is 5.13 Å². The van der Waals surface area contributed by atoms with Crippen LogP contribution in [0.5, 0.6) is 0 Å². The molecule has 0 aliphatic rings. The topological polar surface area (TPSA) is 50.7 Å². The number of halogens is 2. The molecule has 2 heterocycles. The van der Waals surface area contributed by atoms with E-state index in [1.54, 1.807) is 12.3 Å². The zero-order valence-corrected chi connectivity index (χ0v) is 14.0. The quantitative estimate of drug-likeness (QED) is 0.712. The van der Waals surface area contributed by atoms with Gasteiger partial charge in [0.25, 0.3) is 0 Å². The Bertz CT molecular complexity index is 776. The van der Waals surface area contributed by atoms with E-state index in [9.17, 15) is 0 Å². The summed E-state index contributed by atoms with van der Waals surface area (Å²) in [6.07, 6.45) is 1.74. The van der Waals surface area contributed by atoms with Gasteiger partial charge in [-0.25, -0.2) is 0 Å². The Kier molecular flexibility index (Phi) is 4.57. The standard InChI is InChI=1S/C15H12Cl2N4S/c1-9(11-6-5-10(16)8-12(11)17)19-15-21-20-14(22-15)13-4-2-3-7-18-13/h2-9H,1H3,(H,19,21). The lowest BCUT2D eigenvalue weighted by Crippen LogP contribution is -2.06. The Hall–Kier alpha value is -1.69. The Morgan fingerprint density at radius 3 is 2.73 bits per heavy atom. The van der Waals surface area contributed by atoms with Crippen LogP contribution in [0.15, 0.2) is 42.6 Å². The van der Waals surface area contributed by atoms with Gasteiger partial charge in [-0.2, -0.15) is 0 Å². The highest BCUT2D eigenvalue weighted by Gasteiger charge is 2.13. The Balaban J connectivity index is 1.77. The van der Waals surface area contributed by atoms with E-state index in [-0.39, 0.29) is 6.04 Å². The number of hydrogen-bond donors (Lipinski definition) is 1. The smallest absolute Gasteiger partial charge is 0.206 e. The number of pyridine rings is 1. The summed E-state index contributed by atoms with van der Waals surface area (Å²) in [5, 5.41) is 14.4. The van der Waals surface area contributed by atoms with E-state index in [2.05, 4.69) is 20.5 Å². The van der Waals surface area contributed by atoms with Crippen molar-refractivity contribution < 1.29 is 0 Å². The van der Waals surface area contributed by atoms with Gasteiger partial charge in [-0.1, -0.05) is 46.7 Å². The normalized spacial score (nSPS) is 12.1. The molecule has 1 N–H and O–H groups in total. The third kappa shape index (κ3) is 3.38. The third-order valence-corrected chi connectivity index (χ3v) is 4.52. The Morgan fingerprint density at radius 1 is 1.14 bits per heavy atom. The maximum Gasteiger partial charge on any atom is 0.206 e. The van der Waals surface area contributed by atoms with Crippen molar-refractivity contribution in [1.29, 1.82) is 0 Å². The molecular weight excluding hydrogens is 339 g/mol. The number of hydrogen-bond acceptors (Lipinski definition) is 5. The number of nitrogens with one attached hydrogen (secondary N) is 1. The average molecular weight is 351 g/mol. The van der Waals surface area contributed by atoms with Crippen LogP contribution in [-0.4, -0.2) is 15.2 Å². The van der Waals surface area contributed by atoms with Crippen LogP contribution in [0.25, 0.3) is 10.7 Å². The number of rotatable bonds is 4. The van der Waals surface area contributed by atoms with Gasteiger partial charge >= 0.3 is 0 Å². The zero-order valence-electron chi connectivity index (χ0n) is 11.6. The van der Waals surface area contributed by atoms with Crippen molar-refractivity contribution in [3.8, 4) is 10.7 Å². The maximum absolute atomic E-state index is 6.22. The summed E-state index contributed by atoms with van der Waals surface area (Å²) in [5.41, 5.74) is 1.77. The molecule has 1 atom stereocenters. The summed E-state index contributed by atoms with van der Waals surface area (Å²) in [7, 11) is 0. The van der Waals surface area contributed by atoms with Gasteiger partial charge in [-0.3, -0.25) is 4.98 Å². The van der Waals surface area contributed by atoms with Crippen molar-refractivity contribution in [3.05, 3.63) is 58.2 Å². The lowest BCUT2D eigenvalue weighted by atomic mass is 10.1. The van der Waals surface area contributed by atoms with E-state index in [0.717, 1.165) is 21.4 Å². The van der Waals surface area contributed by atoms with Crippen molar-refractivity contribution >= 4 is 39.7 Å². The van der Waals surface area contributed by atoms with Crippen LogP contribution in [0.1, 0.15) is 18.5 Å². The molecule has 3 rings (SSSR count). The van der Waals surface area contributed by atoms with Crippen LogP contribution >= 0.6 is 34.5 Å². The van der Waals surface area contributed by atoms with Gasteiger partial charge in [0.1, 0.15) is 5.69 Å². The predicted octanol–water partition coefficient (Wildman–Crippen LogP) is 5.08. The van der Waals surface area contributed by atoms with Gasteiger partial charge in [0.15, 0.2) is 5.01 Å². The zero-order chi connectivity index (χ0) is 15.5. The highest BCUT2D eigenvalue weighted by Crippen LogP contribution is 2.31. The molecule has 3 aromatic rings. The van der Waals surface area contributed by atoms with Crippen molar-refractivity contribution in [2.24, 2.45) is 0 Å². The van der Waals surface area contributed by atoms with Crippen LogP contribution in [-0.2, 0) is 0 Å². The molecule has 22 heavy (non-hydrogen) atoms. The molecule has 1 aromatic carbocycles. The lowest BCUT2D eigenvalue weighted by molar-refractivity contribution is 0.874. The molecule has 0 fully saturated rings. The molecule has 0 aliphatic heterocycles. The second-order valence-electron chi connectivity index (χ2n) is 4.66. The SMILES string of the molecule is CC(Nc1nnc(-c2ccccn2)s1)c1ccc(Cl)cc1Cl. The molecule has 2 aromatic heterocycles. The van der Waals surface area contributed by atoms with Crippen LogP contribution in [0.2, 0.25) is 10.0 Å². The van der Waals surface area contributed by atoms with Crippen LogP contribution in [0, 0.1) is 0 Å². The first kappa shape index (κ1) is 15.2. The van der Waals surface area contributed by atoms with Crippen molar-refractivity contribution in [2.45, 2.75) is 13.0 Å². The first-order valence-corrected chi connectivity index (χ1v) is 8.17. The van der Waals surface area contributed by atoms with Crippen LogP contribution < -0.4 is 5.32 Å². The minimum absolute atomic E-state index is 0.00528. The highest BCUT2D eigenvalue weighted by molar-refractivity contribution is 7.18. The second-order valence-corrected chi connectivity index (χ2v) is 6.48. The van der Waals surface area contributed by atoms with Gasteiger partial charge in [-0.05, 0) is 36.8 Å². The summed E-state index contributed by atoms with van der Waals surface area (Å²) in [6, 6.07) is 11.2. The van der Waals surface area contributed by atoms with Crippen LogP contribution in [0.3, 0.4) is 0 Å². The molecule has 0 aliphatic carbocycles. The van der Waals surface area contributed by atoms with Gasteiger partial charge in [0.05, 0.1) is 6.04 Å². The fourth-order valence-electron chi connectivity index (χ4n) is 1.99. The van der Waals surface area contributed by atoms with Crippen molar-refractivity contribution in [2.75, 3.05) is 5.32 Å². The molecule has 0 saturated carbocycles. The van der Waals surface area contributed by atoms with Gasteiger partial charge in [0.2, 0.25) is 5.13 Å². The largest absolute Gasteiger partial charge is 0.353 e. The fraction of sp³-hybridized carbons (Fsp3) is 0.133. The molecule has 0 amide bonds.